The molecular weight excluding hydrogens is 288 g/mol. The van der Waals surface area contributed by atoms with Crippen molar-refractivity contribution in [3.05, 3.63) is 0 Å². The number of methoxy groups -OCH3 is 1. The van der Waals surface area contributed by atoms with Crippen molar-refractivity contribution < 1.29 is 27.9 Å². The van der Waals surface area contributed by atoms with E-state index in [4.69, 9.17) is 5.11 Å². The summed E-state index contributed by atoms with van der Waals surface area (Å²) in [4.78, 5) is 22.1. The van der Waals surface area contributed by atoms with Crippen molar-refractivity contribution in [3.8, 4) is 0 Å². The average Bonchev–Trinajstić information content (AvgIpc) is 2.37. The van der Waals surface area contributed by atoms with Gasteiger partial charge in [0, 0.05) is 13.1 Å². The number of carbonyl (C=O) groups is 2. The summed E-state index contributed by atoms with van der Waals surface area (Å²) in [6.07, 6.45) is 1.13. The van der Waals surface area contributed by atoms with Crippen molar-refractivity contribution >= 4 is 22.1 Å². The molecule has 0 saturated carbocycles. The lowest BCUT2D eigenvalue weighted by Gasteiger charge is -2.30. The molecule has 1 aliphatic rings. The van der Waals surface area contributed by atoms with Crippen LogP contribution in [0.5, 0.6) is 0 Å². The van der Waals surface area contributed by atoms with Gasteiger partial charge in [-0.1, -0.05) is 6.92 Å². The van der Waals surface area contributed by atoms with E-state index in [9.17, 15) is 18.0 Å². The third-order valence-corrected chi connectivity index (χ3v) is 4.74. The van der Waals surface area contributed by atoms with E-state index in [1.807, 2.05) is 11.6 Å². The lowest BCUT2D eigenvalue weighted by molar-refractivity contribution is -0.147. The quantitative estimate of drug-likeness (QED) is 0.644. The molecule has 1 rings (SSSR count). The first-order chi connectivity index (χ1) is 9.26. The van der Waals surface area contributed by atoms with Gasteiger partial charge < -0.3 is 9.84 Å². The van der Waals surface area contributed by atoms with Gasteiger partial charge in [0.25, 0.3) is 10.2 Å². The van der Waals surface area contributed by atoms with E-state index in [2.05, 4.69) is 4.74 Å². The van der Waals surface area contributed by atoms with Gasteiger partial charge in [0.15, 0.2) is 0 Å². The summed E-state index contributed by atoms with van der Waals surface area (Å²) in [5, 5.41) is 8.98. The summed E-state index contributed by atoms with van der Waals surface area (Å²) >= 11 is 0. The second-order valence-electron chi connectivity index (χ2n) is 4.90. The Kier molecular flexibility index (Phi) is 5.90. The number of ether oxygens (including phenoxy) is 1. The van der Waals surface area contributed by atoms with Crippen LogP contribution in [0.2, 0.25) is 0 Å². The number of carboxylic acid groups (broad SMARTS) is 1. The zero-order chi connectivity index (χ0) is 15.3. The first-order valence-corrected chi connectivity index (χ1v) is 7.77. The molecule has 1 fully saturated rings. The predicted octanol–water partition coefficient (Wildman–Crippen LogP) is -0.431. The van der Waals surface area contributed by atoms with Crippen molar-refractivity contribution in [1.82, 2.24) is 9.03 Å². The van der Waals surface area contributed by atoms with Crippen molar-refractivity contribution in [2.24, 2.45) is 5.92 Å². The standard InChI is InChI=1S/C11H20N2O6S/c1-8-4-3-5-13(7-8)20(17,18)12-9(11(15)16)6-10(14)19-2/h8-9,12H,3-7H2,1-2H3,(H,15,16)/t8?,9-/m0/s1. The second kappa shape index (κ2) is 7.00. The summed E-state index contributed by atoms with van der Waals surface area (Å²) in [6, 6.07) is -1.52. The highest BCUT2D eigenvalue weighted by Crippen LogP contribution is 2.18. The van der Waals surface area contributed by atoms with E-state index in [1.54, 1.807) is 0 Å². The molecule has 2 N–H and O–H groups in total. The van der Waals surface area contributed by atoms with Crippen LogP contribution >= 0.6 is 0 Å². The van der Waals surface area contributed by atoms with Crippen LogP contribution in [0.25, 0.3) is 0 Å². The maximum absolute atomic E-state index is 12.1. The zero-order valence-corrected chi connectivity index (χ0v) is 12.4. The topological polar surface area (TPSA) is 113 Å². The molecule has 0 aromatic heterocycles. The van der Waals surface area contributed by atoms with Gasteiger partial charge in [-0.3, -0.25) is 9.59 Å². The molecule has 0 aliphatic carbocycles. The Morgan fingerprint density at radius 3 is 2.65 bits per heavy atom. The normalized spacial score (nSPS) is 22.2. The van der Waals surface area contributed by atoms with Crippen LogP contribution in [0.3, 0.4) is 0 Å². The average molecular weight is 308 g/mol. The fraction of sp³-hybridized carbons (Fsp3) is 0.818. The highest BCUT2D eigenvalue weighted by molar-refractivity contribution is 7.87. The Hall–Kier alpha value is -1.19. The maximum atomic E-state index is 12.1. The molecule has 1 aliphatic heterocycles. The third-order valence-electron chi connectivity index (χ3n) is 3.15. The second-order valence-corrected chi connectivity index (χ2v) is 6.60. The Morgan fingerprint density at radius 2 is 2.15 bits per heavy atom. The highest BCUT2D eigenvalue weighted by atomic mass is 32.2. The van der Waals surface area contributed by atoms with Crippen LogP contribution < -0.4 is 4.72 Å². The summed E-state index contributed by atoms with van der Waals surface area (Å²) in [6.45, 7) is 2.63. The van der Waals surface area contributed by atoms with E-state index in [0.717, 1.165) is 20.0 Å². The van der Waals surface area contributed by atoms with Gasteiger partial charge in [-0.15, -0.1) is 0 Å². The van der Waals surface area contributed by atoms with Crippen molar-refractivity contribution in [1.29, 1.82) is 0 Å². The van der Waals surface area contributed by atoms with Crippen molar-refractivity contribution in [2.75, 3.05) is 20.2 Å². The Balaban J connectivity index is 2.75. The number of rotatable bonds is 6. The molecule has 2 atom stereocenters. The summed E-state index contributed by atoms with van der Waals surface area (Å²) in [5.41, 5.74) is 0. The van der Waals surface area contributed by atoms with E-state index in [0.29, 0.717) is 13.1 Å². The fourth-order valence-electron chi connectivity index (χ4n) is 2.05. The summed E-state index contributed by atoms with van der Waals surface area (Å²) in [7, 11) is -2.81. The van der Waals surface area contributed by atoms with Crippen LogP contribution in [-0.2, 0) is 24.5 Å². The molecule has 1 unspecified atom stereocenters. The van der Waals surface area contributed by atoms with Gasteiger partial charge in [0.1, 0.15) is 6.04 Å². The highest BCUT2D eigenvalue weighted by Gasteiger charge is 2.32. The van der Waals surface area contributed by atoms with Crippen molar-refractivity contribution in [3.63, 3.8) is 0 Å². The first kappa shape index (κ1) is 16.9. The number of nitrogens with zero attached hydrogens (tertiary/aromatic N) is 1. The predicted molar refractivity (Wildman–Crippen MR) is 70.1 cm³/mol. The Bertz CT molecular complexity index is 464. The minimum absolute atomic E-state index is 0.226. The van der Waals surface area contributed by atoms with E-state index in [-0.39, 0.29) is 5.92 Å². The minimum Gasteiger partial charge on any atom is -0.480 e. The Labute approximate surface area is 118 Å². The largest absolute Gasteiger partial charge is 0.480 e. The smallest absolute Gasteiger partial charge is 0.322 e. The number of piperidine rings is 1. The van der Waals surface area contributed by atoms with Crippen LogP contribution in [-0.4, -0.2) is 56.0 Å². The van der Waals surface area contributed by atoms with Gasteiger partial charge >= 0.3 is 11.9 Å². The molecule has 0 amide bonds. The SMILES string of the molecule is COC(=O)C[C@H](NS(=O)(=O)N1CCCC(C)C1)C(=O)O. The minimum atomic E-state index is -3.92. The van der Waals surface area contributed by atoms with Gasteiger partial charge in [0.2, 0.25) is 0 Å². The third kappa shape index (κ3) is 4.73. The van der Waals surface area contributed by atoms with Gasteiger partial charge in [0.05, 0.1) is 13.5 Å². The first-order valence-electron chi connectivity index (χ1n) is 6.33. The van der Waals surface area contributed by atoms with Gasteiger partial charge in [-0.25, -0.2) is 0 Å². The lowest BCUT2D eigenvalue weighted by atomic mass is 10.0. The van der Waals surface area contributed by atoms with Crippen LogP contribution in [0.4, 0.5) is 0 Å². The fourth-order valence-corrected chi connectivity index (χ4v) is 3.56. The number of carboxylic acids is 1. The lowest BCUT2D eigenvalue weighted by Crippen LogP contribution is -2.51. The number of hydrogen-bond acceptors (Lipinski definition) is 5. The molecule has 9 heteroatoms. The maximum Gasteiger partial charge on any atom is 0.322 e. The van der Waals surface area contributed by atoms with E-state index < -0.39 is 34.6 Å². The number of nitrogens with one attached hydrogen (secondary N) is 1. The molecule has 0 radical (unpaired) electrons. The number of esters is 1. The van der Waals surface area contributed by atoms with E-state index >= 15 is 0 Å². The molecule has 0 aromatic carbocycles. The van der Waals surface area contributed by atoms with Crippen LogP contribution in [0.1, 0.15) is 26.2 Å². The molecule has 20 heavy (non-hydrogen) atoms. The molecule has 116 valence electrons. The van der Waals surface area contributed by atoms with Crippen LogP contribution in [0.15, 0.2) is 0 Å². The summed E-state index contributed by atoms with van der Waals surface area (Å²) in [5.74, 6) is -1.97. The molecule has 0 spiro atoms. The molecule has 0 aromatic rings. The number of aliphatic carboxylic acids is 1. The van der Waals surface area contributed by atoms with E-state index in [1.165, 1.54) is 4.31 Å². The molecular formula is C11H20N2O6S. The monoisotopic (exact) mass is 308 g/mol. The van der Waals surface area contributed by atoms with Crippen molar-refractivity contribution in [2.45, 2.75) is 32.2 Å². The molecule has 0 bridgehead atoms. The molecule has 8 nitrogen and oxygen atoms in total. The van der Waals surface area contributed by atoms with Crippen LogP contribution in [0, 0.1) is 5.92 Å². The zero-order valence-electron chi connectivity index (χ0n) is 11.5. The Morgan fingerprint density at radius 1 is 1.50 bits per heavy atom. The number of carbonyl (C=O) groups excluding carboxylic acids is 1. The molecule has 1 heterocycles. The van der Waals surface area contributed by atoms with Gasteiger partial charge in [-0.05, 0) is 18.8 Å². The summed E-state index contributed by atoms with van der Waals surface area (Å²) < 4.78 is 31.9. The number of hydrogen-bond donors (Lipinski definition) is 2. The molecule has 1 saturated heterocycles. The van der Waals surface area contributed by atoms with Gasteiger partial charge in [-0.2, -0.15) is 17.4 Å².